The number of hydrogen-bond donors (Lipinski definition) is 0. The second-order valence-corrected chi connectivity index (χ2v) is 10.1. The summed E-state index contributed by atoms with van der Waals surface area (Å²) in [5.74, 6) is 0. The number of nitrogens with zero attached hydrogens (tertiary/aromatic N) is 1. The normalized spacial score (nSPS) is 12.1. The molecule has 3 heteroatoms. The van der Waals surface area contributed by atoms with Crippen molar-refractivity contribution >= 4 is 65.7 Å². The molecule has 3 nitrogen and oxygen atoms in total. The van der Waals surface area contributed by atoms with Crippen molar-refractivity contribution in [2.24, 2.45) is 0 Å². The van der Waals surface area contributed by atoms with Gasteiger partial charge in [0.05, 0.1) is 16.4 Å². The number of furan rings is 2. The highest BCUT2D eigenvalue weighted by atomic mass is 16.3. The van der Waals surface area contributed by atoms with Gasteiger partial charge in [-0.1, -0.05) is 84.9 Å². The molecule has 0 fully saturated rings. The molecule has 9 aromatic rings. The Morgan fingerprint density at radius 1 is 0.436 bits per heavy atom. The van der Waals surface area contributed by atoms with Crippen molar-refractivity contribution in [3.63, 3.8) is 0 Å². The molecular weight excluding hydrogens is 478 g/mol. The summed E-state index contributed by atoms with van der Waals surface area (Å²) in [5, 5.41) is 6.81. The minimum Gasteiger partial charge on any atom is -0.456 e. The van der Waals surface area contributed by atoms with E-state index in [-0.39, 0.29) is 0 Å². The van der Waals surface area contributed by atoms with Crippen molar-refractivity contribution in [3.8, 4) is 16.8 Å². The van der Waals surface area contributed by atoms with Crippen LogP contribution < -0.4 is 0 Å². The van der Waals surface area contributed by atoms with Gasteiger partial charge in [-0.05, 0) is 48.0 Å². The van der Waals surface area contributed by atoms with E-state index < -0.39 is 0 Å². The quantitative estimate of drug-likeness (QED) is 0.237. The third-order valence-corrected chi connectivity index (χ3v) is 8.00. The summed E-state index contributed by atoms with van der Waals surface area (Å²) in [7, 11) is 0. The first-order valence-corrected chi connectivity index (χ1v) is 13.2. The standard InChI is InChI=1S/C36H21NO2/c1-2-9-23(10-3-1)37-30-15-6-4-11-25(30)26-18-17-22(21-31(26)37)24-13-8-14-27-28-19-20-33-34(36(28)39-35(24)27)29-12-5-7-16-32(29)38-33/h1-21H. The average Bonchev–Trinajstić information content (AvgIpc) is 3.66. The Kier molecular flexibility index (Phi) is 4.05. The van der Waals surface area contributed by atoms with Gasteiger partial charge in [-0.25, -0.2) is 0 Å². The van der Waals surface area contributed by atoms with Crippen molar-refractivity contribution in [3.05, 3.63) is 127 Å². The smallest absolute Gasteiger partial charge is 0.147 e. The molecule has 6 aromatic carbocycles. The van der Waals surface area contributed by atoms with Crippen LogP contribution in [0.5, 0.6) is 0 Å². The van der Waals surface area contributed by atoms with E-state index in [1.54, 1.807) is 0 Å². The van der Waals surface area contributed by atoms with E-state index in [0.717, 1.165) is 60.7 Å². The molecule has 0 saturated carbocycles. The molecule has 0 spiro atoms. The third-order valence-electron chi connectivity index (χ3n) is 8.00. The Morgan fingerprint density at radius 3 is 2.08 bits per heavy atom. The molecule has 3 aromatic heterocycles. The van der Waals surface area contributed by atoms with E-state index in [4.69, 9.17) is 8.83 Å². The lowest BCUT2D eigenvalue weighted by Crippen LogP contribution is -1.93. The van der Waals surface area contributed by atoms with Gasteiger partial charge in [0.15, 0.2) is 0 Å². The number of para-hydroxylation sites is 4. The zero-order valence-corrected chi connectivity index (χ0v) is 20.9. The Morgan fingerprint density at radius 2 is 1.15 bits per heavy atom. The second-order valence-electron chi connectivity index (χ2n) is 10.1. The molecule has 0 aliphatic carbocycles. The first-order chi connectivity index (χ1) is 19.3. The Hall–Kier alpha value is -5.28. The van der Waals surface area contributed by atoms with Gasteiger partial charge in [-0.2, -0.15) is 0 Å². The molecular formula is C36H21NO2. The highest BCUT2D eigenvalue weighted by molar-refractivity contribution is 6.23. The number of aromatic nitrogens is 1. The molecule has 0 amide bonds. The largest absolute Gasteiger partial charge is 0.456 e. The molecule has 0 radical (unpaired) electrons. The lowest BCUT2D eigenvalue weighted by Gasteiger charge is -2.09. The van der Waals surface area contributed by atoms with Crippen molar-refractivity contribution < 1.29 is 8.83 Å². The molecule has 0 aliphatic heterocycles. The lowest BCUT2D eigenvalue weighted by atomic mass is 10.0. The highest BCUT2D eigenvalue weighted by Gasteiger charge is 2.19. The zero-order valence-electron chi connectivity index (χ0n) is 20.9. The molecule has 3 heterocycles. The Bertz CT molecular complexity index is 2390. The van der Waals surface area contributed by atoms with Crippen LogP contribution in [-0.2, 0) is 0 Å². The van der Waals surface area contributed by atoms with E-state index in [2.05, 4.69) is 114 Å². The fraction of sp³-hybridized carbons (Fsp3) is 0. The van der Waals surface area contributed by atoms with Crippen LogP contribution in [0.4, 0.5) is 0 Å². The van der Waals surface area contributed by atoms with Crippen molar-refractivity contribution in [1.29, 1.82) is 0 Å². The van der Waals surface area contributed by atoms with E-state index in [9.17, 15) is 0 Å². The number of rotatable bonds is 2. The van der Waals surface area contributed by atoms with Crippen LogP contribution >= 0.6 is 0 Å². The fourth-order valence-electron chi connectivity index (χ4n) is 6.29. The maximum absolute atomic E-state index is 6.74. The van der Waals surface area contributed by atoms with Crippen LogP contribution in [-0.4, -0.2) is 4.57 Å². The number of benzene rings is 6. The molecule has 0 aliphatic rings. The fourth-order valence-corrected chi connectivity index (χ4v) is 6.29. The lowest BCUT2D eigenvalue weighted by molar-refractivity contribution is 0.663. The molecule has 0 N–H and O–H groups in total. The highest BCUT2D eigenvalue weighted by Crippen LogP contribution is 2.42. The van der Waals surface area contributed by atoms with Crippen molar-refractivity contribution in [1.82, 2.24) is 4.57 Å². The van der Waals surface area contributed by atoms with Crippen LogP contribution in [0, 0.1) is 0 Å². The topological polar surface area (TPSA) is 31.2 Å². The second kappa shape index (κ2) is 7.62. The summed E-state index contributed by atoms with van der Waals surface area (Å²) >= 11 is 0. The van der Waals surface area contributed by atoms with Gasteiger partial charge < -0.3 is 13.4 Å². The Labute approximate surface area is 223 Å². The Balaban J connectivity index is 1.35. The first kappa shape index (κ1) is 20.7. The number of hydrogen-bond acceptors (Lipinski definition) is 2. The molecule has 0 bridgehead atoms. The summed E-state index contributed by atoms with van der Waals surface area (Å²) in [6.07, 6.45) is 0. The monoisotopic (exact) mass is 499 g/mol. The molecule has 0 unspecified atom stereocenters. The van der Waals surface area contributed by atoms with Gasteiger partial charge in [-0.15, -0.1) is 0 Å². The van der Waals surface area contributed by atoms with Crippen molar-refractivity contribution in [2.75, 3.05) is 0 Å². The minimum absolute atomic E-state index is 0.845. The SMILES string of the molecule is c1ccc(-n2c3ccccc3c3ccc(-c4cccc5c4oc4c5ccc5oc6ccccc6c54)cc32)cc1. The number of fused-ring (bicyclic) bond motifs is 10. The van der Waals surface area contributed by atoms with E-state index in [0.29, 0.717) is 0 Å². The third kappa shape index (κ3) is 2.82. The molecule has 182 valence electrons. The maximum Gasteiger partial charge on any atom is 0.147 e. The summed E-state index contributed by atoms with van der Waals surface area (Å²) in [6, 6.07) is 44.7. The van der Waals surface area contributed by atoms with E-state index >= 15 is 0 Å². The summed E-state index contributed by atoms with van der Waals surface area (Å²) in [6.45, 7) is 0. The van der Waals surface area contributed by atoms with Crippen LogP contribution in [0.25, 0.3) is 82.5 Å². The van der Waals surface area contributed by atoms with Gasteiger partial charge in [-0.3, -0.25) is 0 Å². The van der Waals surface area contributed by atoms with Crippen molar-refractivity contribution in [2.45, 2.75) is 0 Å². The van der Waals surface area contributed by atoms with E-state index in [1.165, 1.54) is 21.8 Å². The molecule has 0 saturated heterocycles. The predicted octanol–water partition coefficient (Wildman–Crippen LogP) is 10.2. The van der Waals surface area contributed by atoms with Crippen LogP contribution in [0.1, 0.15) is 0 Å². The van der Waals surface area contributed by atoms with Gasteiger partial charge in [0, 0.05) is 38.2 Å². The summed E-state index contributed by atoms with van der Waals surface area (Å²) in [5.41, 5.74) is 9.22. The van der Waals surface area contributed by atoms with Crippen LogP contribution in [0.2, 0.25) is 0 Å². The van der Waals surface area contributed by atoms with Gasteiger partial charge in [0.1, 0.15) is 22.3 Å². The maximum atomic E-state index is 6.74. The van der Waals surface area contributed by atoms with Gasteiger partial charge in [0.25, 0.3) is 0 Å². The van der Waals surface area contributed by atoms with Gasteiger partial charge in [0.2, 0.25) is 0 Å². The minimum atomic E-state index is 0.845. The predicted molar refractivity (Wildman–Crippen MR) is 161 cm³/mol. The van der Waals surface area contributed by atoms with Crippen LogP contribution in [0.15, 0.2) is 136 Å². The van der Waals surface area contributed by atoms with Gasteiger partial charge >= 0.3 is 0 Å². The van der Waals surface area contributed by atoms with E-state index in [1.807, 2.05) is 18.2 Å². The summed E-state index contributed by atoms with van der Waals surface area (Å²) < 4.78 is 15.2. The van der Waals surface area contributed by atoms with Crippen LogP contribution in [0.3, 0.4) is 0 Å². The zero-order chi connectivity index (χ0) is 25.5. The molecule has 39 heavy (non-hydrogen) atoms. The molecule has 0 atom stereocenters. The molecule has 9 rings (SSSR count). The average molecular weight is 500 g/mol. The first-order valence-electron chi connectivity index (χ1n) is 13.2. The summed E-state index contributed by atoms with van der Waals surface area (Å²) in [4.78, 5) is 0.